The van der Waals surface area contributed by atoms with Crippen molar-refractivity contribution in [3.63, 3.8) is 0 Å². The molecule has 2 rings (SSSR count). The lowest BCUT2D eigenvalue weighted by atomic mass is 10.2. The van der Waals surface area contributed by atoms with Crippen molar-refractivity contribution >= 4 is 5.91 Å². The van der Waals surface area contributed by atoms with Gasteiger partial charge >= 0.3 is 0 Å². The summed E-state index contributed by atoms with van der Waals surface area (Å²) in [5, 5.41) is 2.92. The molecule has 0 aliphatic carbocycles. The van der Waals surface area contributed by atoms with Crippen molar-refractivity contribution in [3.05, 3.63) is 65.7 Å². The van der Waals surface area contributed by atoms with E-state index in [1.54, 1.807) is 0 Å². The average Bonchev–Trinajstić information content (AvgIpc) is 2.51. The van der Waals surface area contributed by atoms with Crippen molar-refractivity contribution in [2.75, 3.05) is 0 Å². The van der Waals surface area contributed by atoms with E-state index in [1.807, 2.05) is 68.4 Å². The first-order valence-electron chi connectivity index (χ1n) is 7.24. The molecule has 0 aromatic heterocycles. The van der Waals surface area contributed by atoms with Crippen molar-refractivity contribution in [2.45, 2.75) is 32.9 Å². The molecule has 1 atom stereocenters. The minimum Gasteiger partial charge on any atom is -0.481 e. The number of amides is 1. The highest BCUT2D eigenvalue weighted by molar-refractivity contribution is 5.81. The van der Waals surface area contributed by atoms with Crippen molar-refractivity contribution in [2.24, 2.45) is 0 Å². The van der Waals surface area contributed by atoms with Gasteiger partial charge in [0.15, 0.2) is 6.10 Å². The fraction of sp³-hybridized carbons (Fsp3) is 0.278. The van der Waals surface area contributed by atoms with Crippen molar-refractivity contribution in [1.29, 1.82) is 0 Å². The lowest BCUT2D eigenvalue weighted by molar-refractivity contribution is -0.128. The molecule has 0 aliphatic rings. The molecule has 1 N–H and O–H groups in total. The maximum Gasteiger partial charge on any atom is 0.261 e. The normalized spacial score (nSPS) is 11.7. The van der Waals surface area contributed by atoms with E-state index in [4.69, 9.17) is 4.74 Å². The Hall–Kier alpha value is -2.29. The van der Waals surface area contributed by atoms with Crippen LogP contribution in [0.3, 0.4) is 0 Å². The molecule has 1 amide bonds. The summed E-state index contributed by atoms with van der Waals surface area (Å²) in [6.07, 6.45) is 0.171. The van der Waals surface area contributed by atoms with Crippen LogP contribution in [-0.4, -0.2) is 12.0 Å². The molecule has 0 saturated heterocycles. The van der Waals surface area contributed by atoms with Crippen molar-refractivity contribution in [1.82, 2.24) is 5.32 Å². The second-order valence-electron chi connectivity index (χ2n) is 5.03. The number of hydrogen-bond acceptors (Lipinski definition) is 2. The van der Waals surface area contributed by atoms with Gasteiger partial charge in [-0.2, -0.15) is 0 Å². The second-order valence-corrected chi connectivity index (χ2v) is 5.03. The number of carbonyl (C=O) groups excluding carboxylic acids is 1. The van der Waals surface area contributed by atoms with Crippen LogP contribution in [0.25, 0.3) is 0 Å². The lowest BCUT2D eigenvalue weighted by Gasteiger charge is -2.17. The number of nitrogens with one attached hydrogen (secondary N) is 1. The molecule has 0 spiro atoms. The first kappa shape index (κ1) is 15.1. The van der Waals surface area contributed by atoms with E-state index in [-0.39, 0.29) is 5.91 Å². The molecule has 0 radical (unpaired) electrons. The van der Waals surface area contributed by atoms with Gasteiger partial charge in [0.25, 0.3) is 5.91 Å². The van der Waals surface area contributed by atoms with Crippen LogP contribution < -0.4 is 10.1 Å². The van der Waals surface area contributed by atoms with Crippen molar-refractivity contribution < 1.29 is 9.53 Å². The Morgan fingerprint density at radius 2 is 1.90 bits per heavy atom. The average molecular weight is 283 g/mol. The topological polar surface area (TPSA) is 38.3 Å². The third kappa shape index (κ3) is 4.63. The van der Waals surface area contributed by atoms with Crippen LogP contribution in [0.5, 0.6) is 5.75 Å². The summed E-state index contributed by atoms with van der Waals surface area (Å²) in [7, 11) is 0. The predicted molar refractivity (Wildman–Crippen MR) is 84.2 cm³/mol. The first-order valence-corrected chi connectivity index (χ1v) is 7.24. The third-order valence-corrected chi connectivity index (χ3v) is 3.24. The summed E-state index contributed by atoms with van der Waals surface area (Å²) in [4.78, 5) is 12.2. The van der Waals surface area contributed by atoms with Crippen LogP contribution >= 0.6 is 0 Å². The van der Waals surface area contributed by atoms with E-state index >= 15 is 0 Å². The maximum atomic E-state index is 12.2. The molecule has 0 saturated carbocycles. The van der Waals surface area contributed by atoms with Crippen LogP contribution in [0.4, 0.5) is 0 Å². The Kier molecular flexibility index (Phi) is 5.38. The van der Waals surface area contributed by atoms with Gasteiger partial charge in [0, 0.05) is 6.54 Å². The summed E-state index contributed by atoms with van der Waals surface area (Å²) in [5.41, 5.74) is 2.20. The molecule has 2 aromatic rings. The molecule has 110 valence electrons. The van der Waals surface area contributed by atoms with Crippen LogP contribution in [-0.2, 0) is 11.3 Å². The number of rotatable bonds is 6. The Morgan fingerprint density at radius 1 is 1.14 bits per heavy atom. The Bertz CT molecular complexity index is 581. The zero-order valence-electron chi connectivity index (χ0n) is 12.5. The number of benzene rings is 2. The van der Waals surface area contributed by atoms with E-state index in [0.717, 1.165) is 16.9 Å². The molecule has 3 heteroatoms. The predicted octanol–water partition coefficient (Wildman–Crippen LogP) is 3.47. The lowest BCUT2D eigenvalue weighted by Crippen LogP contribution is -2.37. The second kappa shape index (κ2) is 7.48. The molecule has 21 heavy (non-hydrogen) atoms. The Labute approximate surface area is 126 Å². The number of hydrogen-bond donors (Lipinski definition) is 1. The highest BCUT2D eigenvalue weighted by Crippen LogP contribution is 2.15. The monoisotopic (exact) mass is 283 g/mol. The van der Waals surface area contributed by atoms with Gasteiger partial charge in [-0.05, 0) is 36.6 Å². The van der Waals surface area contributed by atoms with Gasteiger partial charge in [-0.25, -0.2) is 0 Å². The van der Waals surface area contributed by atoms with E-state index in [2.05, 4.69) is 5.32 Å². The molecule has 0 aliphatic heterocycles. The highest BCUT2D eigenvalue weighted by atomic mass is 16.5. The highest BCUT2D eigenvalue weighted by Gasteiger charge is 2.17. The SMILES string of the molecule is CC[C@H](Oc1cccc(C)c1)C(=O)NCc1ccccc1. The molecule has 0 fully saturated rings. The number of aryl methyl sites for hydroxylation is 1. The summed E-state index contributed by atoms with van der Waals surface area (Å²) < 4.78 is 5.78. The van der Waals surface area contributed by atoms with Gasteiger partial charge in [-0.15, -0.1) is 0 Å². The summed E-state index contributed by atoms with van der Waals surface area (Å²) in [6, 6.07) is 17.6. The van der Waals surface area contributed by atoms with Crippen LogP contribution in [0, 0.1) is 6.92 Å². The van der Waals surface area contributed by atoms with Gasteiger partial charge in [-0.3, -0.25) is 4.79 Å². The summed E-state index contributed by atoms with van der Waals surface area (Å²) in [5.74, 6) is 0.652. The molecule has 0 bridgehead atoms. The fourth-order valence-electron chi connectivity index (χ4n) is 2.07. The quantitative estimate of drug-likeness (QED) is 0.881. The Morgan fingerprint density at radius 3 is 2.57 bits per heavy atom. The molecule has 2 aromatic carbocycles. The minimum atomic E-state index is -0.462. The largest absolute Gasteiger partial charge is 0.481 e. The molecular weight excluding hydrogens is 262 g/mol. The van der Waals surface area contributed by atoms with E-state index in [0.29, 0.717) is 13.0 Å². The first-order chi connectivity index (χ1) is 10.2. The molecule has 0 heterocycles. The molecule has 0 unspecified atom stereocenters. The Balaban J connectivity index is 1.92. The van der Waals surface area contributed by atoms with Crippen LogP contribution in [0.2, 0.25) is 0 Å². The number of carbonyl (C=O) groups is 1. The zero-order valence-corrected chi connectivity index (χ0v) is 12.5. The van der Waals surface area contributed by atoms with E-state index in [1.165, 1.54) is 0 Å². The number of ether oxygens (including phenoxy) is 1. The van der Waals surface area contributed by atoms with Gasteiger partial charge in [0.05, 0.1) is 0 Å². The fourth-order valence-corrected chi connectivity index (χ4v) is 2.07. The van der Waals surface area contributed by atoms with Crippen molar-refractivity contribution in [3.8, 4) is 5.75 Å². The van der Waals surface area contributed by atoms with Crippen LogP contribution in [0.1, 0.15) is 24.5 Å². The van der Waals surface area contributed by atoms with Gasteiger partial charge in [-0.1, -0.05) is 49.4 Å². The minimum absolute atomic E-state index is 0.0807. The van der Waals surface area contributed by atoms with Gasteiger partial charge in [0.2, 0.25) is 0 Å². The van der Waals surface area contributed by atoms with Gasteiger partial charge < -0.3 is 10.1 Å². The molecular formula is C18H21NO2. The smallest absolute Gasteiger partial charge is 0.261 e. The standard InChI is InChI=1S/C18H21NO2/c1-3-17(21-16-11-7-8-14(2)12-16)18(20)19-13-15-9-5-4-6-10-15/h4-12,17H,3,13H2,1-2H3,(H,19,20)/t17-/m0/s1. The van der Waals surface area contributed by atoms with E-state index < -0.39 is 6.10 Å². The summed E-state index contributed by atoms with van der Waals surface area (Å²) >= 11 is 0. The van der Waals surface area contributed by atoms with Gasteiger partial charge in [0.1, 0.15) is 5.75 Å². The maximum absolute atomic E-state index is 12.2. The van der Waals surface area contributed by atoms with E-state index in [9.17, 15) is 4.79 Å². The van der Waals surface area contributed by atoms with Crippen LogP contribution in [0.15, 0.2) is 54.6 Å². The zero-order chi connectivity index (χ0) is 15.1. The third-order valence-electron chi connectivity index (χ3n) is 3.24. The molecule has 3 nitrogen and oxygen atoms in total. The summed E-state index contributed by atoms with van der Waals surface area (Å²) in [6.45, 7) is 4.47.